The highest BCUT2D eigenvalue weighted by Crippen LogP contribution is 2.15. The molecular formula is C18H23N5O. The van der Waals surface area contributed by atoms with E-state index >= 15 is 0 Å². The number of nitriles is 1. The summed E-state index contributed by atoms with van der Waals surface area (Å²) in [6.07, 6.45) is 1.68. The molecule has 0 bridgehead atoms. The lowest BCUT2D eigenvalue weighted by atomic mass is 10.1. The van der Waals surface area contributed by atoms with Crippen LogP contribution in [0.1, 0.15) is 37.9 Å². The van der Waals surface area contributed by atoms with Crippen molar-refractivity contribution in [2.45, 2.75) is 39.4 Å². The number of nitrogens with zero attached hydrogens (tertiary/aromatic N) is 4. The molecule has 126 valence electrons. The number of carbonyl (C=O) groups is 1. The van der Waals surface area contributed by atoms with Gasteiger partial charge in [-0.3, -0.25) is 9.69 Å². The lowest BCUT2D eigenvalue weighted by Crippen LogP contribution is -2.39. The van der Waals surface area contributed by atoms with Gasteiger partial charge in [0.15, 0.2) is 0 Å². The number of benzene rings is 1. The molecule has 1 aromatic heterocycles. The van der Waals surface area contributed by atoms with Crippen LogP contribution in [0, 0.1) is 11.3 Å². The van der Waals surface area contributed by atoms with Gasteiger partial charge in [-0.25, -0.2) is 4.68 Å². The average Bonchev–Trinajstić information content (AvgIpc) is 3.02. The third-order valence-electron chi connectivity index (χ3n) is 3.94. The Morgan fingerprint density at radius 1 is 1.38 bits per heavy atom. The van der Waals surface area contributed by atoms with Crippen molar-refractivity contribution in [3.63, 3.8) is 0 Å². The summed E-state index contributed by atoms with van der Waals surface area (Å²) in [7, 11) is 1.89. The highest BCUT2D eigenvalue weighted by atomic mass is 16.2. The summed E-state index contributed by atoms with van der Waals surface area (Å²) in [6.45, 7) is 6.48. The Balaban J connectivity index is 2.01. The smallest absolute Gasteiger partial charge is 0.242 e. The molecule has 0 radical (unpaired) electrons. The second-order valence-electron chi connectivity index (χ2n) is 6.15. The van der Waals surface area contributed by atoms with E-state index in [2.05, 4.69) is 16.5 Å². The van der Waals surface area contributed by atoms with E-state index in [1.165, 1.54) is 0 Å². The predicted molar refractivity (Wildman–Crippen MR) is 93.3 cm³/mol. The first-order valence-corrected chi connectivity index (χ1v) is 7.96. The van der Waals surface area contributed by atoms with Crippen molar-refractivity contribution in [1.29, 1.82) is 5.26 Å². The number of rotatable bonds is 6. The van der Waals surface area contributed by atoms with Crippen molar-refractivity contribution >= 4 is 11.7 Å². The maximum Gasteiger partial charge on any atom is 0.242 e. The Bertz CT molecular complexity index is 744. The Labute approximate surface area is 142 Å². The maximum atomic E-state index is 12.5. The maximum absolute atomic E-state index is 12.5. The molecule has 1 heterocycles. The Kier molecular flexibility index (Phi) is 5.72. The van der Waals surface area contributed by atoms with Crippen molar-refractivity contribution in [3.05, 3.63) is 47.7 Å². The third-order valence-corrected chi connectivity index (χ3v) is 3.94. The van der Waals surface area contributed by atoms with Crippen LogP contribution in [0.15, 0.2) is 36.5 Å². The van der Waals surface area contributed by atoms with Gasteiger partial charge in [0.05, 0.1) is 23.9 Å². The number of aromatic nitrogens is 2. The van der Waals surface area contributed by atoms with E-state index in [1.54, 1.807) is 23.0 Å². The first-order valence-electron chi connectivity index (χ1n) is 7.96. The van der Waals surface area contributed by atoms with Crippen LogP contribution in [-0.4, -0.2) is 33.7 Å². The number of hydrogen-bond donors (Lipinski definition) is 1. The van der Waals surface area contributed by atoms with Gasteiger partial charge in [-0.05, 0) is 45.5 Å². The van der Waals surface area contributed by atoms with Crippen LogP contribution in [0.3, 0.4) is 0 Å². The fourth-order valence-electron chi connectivity index (χ4n) is 2.42. The molecule has 1 aromatic carbocycles. The standard InChI is InChI=1S/C18H23N5O/c1-13(2)23-17(8-9-20-23)21-18(24)14(3)22(4)12-16-7-5-6-15(10-16)11-19/h5-10,13-14H,12H2,1-4H3,(H,21,24). The molecule has 0 aliphatic heterocycles. The molecule has 0 aliphatic rings. The van der Waals surface area contributed by atoms with Crippen LogP contribution in [0.2, 0.25) is 0 Å². The quantitative estimate of drug-likeness (QED) is 0.886. The average molecular weight is 325 g/mol. The van der Waals surface area contributed by atoms with Crippen molar-refractivity contribution in [2.75, 3.05) is 12.4 Å². The number of nitrogens with one attached hydrogen (secondary N) is 1. The Hall–Kier alpha value is -2.65. The zero-order valence-electron chi connectivity index (χ0n) is 14.5. The van der Waals surface area contributed by atoms with Crippen LogP contribution >= 0.6 is 0 Å². The summed E-state index contributed by atoms with van der Waals surface area (Å²) in [5, 5.41) is 16.1. The van der Waals surface area contributed by atoms with E-state index < -0.39 is 0 Å². The summed E-state index contributed by atoms with van der Waals surface area (Å²) in [5.74, 6) is 0.609. The highest BCUT2D eigenvalue weighted by molar-refractivity contribution is 5.93. The minimum Gasteiger partial charge on any atom is -0.310 e. The first kappa shape index (κ1) is 17.7. The molecule has 1 unspecified atom stereocenters. The van der Waals surface area contributed by atoms with Crippen LogP contribution in [0.25, 0.3) is 0 Å². The SMILES string of the molecule is CC(C(=O)Nc1ccnn1C(C)C)N(C)Cc1cccc(C#N)c1. The van der Waals surface area contributed by atoms with Crippen LogP contribution in [0.5, 0.6) is 0 Å². The fraction of sp³-hybridized carbons (Fsp3) is 0.389. The van der Waals surface area contributed by atoms with Crippen molar-refractivity contribution in [3.8, 4) is 6.07 Å². The molecule has 0 saturated carbocycles. The van der Waals surface area contributed by atoms with Gasteiger partial charge in [-0.2, -0.15) is 10.4 Å². The predicted octanol–water partition coefficient (Wildman–Crippen LogP) is 2.79. The molecule has 1 amide bonds. The summed E-state index contributed by atoms with van der Waals surface area (Å²) >= 11 is 0. The van der Waals surface area contributed by atoms with Crippen molar-refractivity contribution < 1.29 is 4.79 Å². The van der Waals surface area contributed by atoms with Gasteiger partial charge in [0.1, 0.15) is 5.82 Å². The minimum atomic E-state index is -0.314. The lowest BCUT2D eigenvalue weighted by molar-refractivity contribution is -0.120. The van der Waals surface area contributed by atoms with Gasteiger partial charge in [-0.15, -0.1) is 0 Å². The molecule has 0 aliphatic carbocycles. The van der Waals surface area contributed by atoms with Crippen LogP contribution < -0.4 is 5.32 Å². The van der Waals surface area contributed by atoms with E-state index in [4.69, 9.17) is 5.26 Å². The largest absolute Gasteiger partial charge is 0.310 e. The van der Waals surface area contributed by atoms with Gasteiger partial charge in [-0.1, -0.05) is 12.1 Å². The number of carbonyl (C=O) groups excluding carboxylic acids is 1. The summed E-state index contributed by atoms with van der Waals surface area (Å²) < 4.78 is 1.78. The number of amides is 1. The second-order valence-corrected chi connectivity index (χ2v) is 6.15. The van der Waals surface area contributed by atoms with Gasteiger partial charge in [0.2, 0.25) is 5.91 Å². The van der Waals surface area contributed by atoms with E-state index in [9.17, 15) is 4.79 Å². The van der Waals surface area contributed by atoms with E-state index in [0.717, 1.165) is 5.56 Å². The lowest BCUT2D eigenvalue weighted by Gasteiger charge is -2.24. The zero-order chi connectivity index (χ0) is 17.7. The molecular weight excluding hydrogens is 302 g/mol. The molecule has 2 rings (SSSR count). The molecule has 0 spiro atoms. The number of anilines is 1. The Morgan fingerprint density at radius 3 is 2.79 bits per heavy atom. The van der Waals surface area contributed by atoms with Gasteiger partial charge < -0.3 is 5.32 Å². The third kappa shape index (κ3) is 4.21. The summed E-state index contributed by atoms with van der Waals surface area (Å²) in [4.78, 5) is 14.4. The zero-order valence-corrected chi connectivity index (χ0v) is 14.5. The van der Waals surface area contributed by atoms with Crippen LogP contribution in [-0.2, 0) is 11.3 Å². The van der Waals surface area contributed by atoms with Gasteiger partial charge >= 0.3 is 0 Å². The molecule has 24 heavy (non-hydrogen) atoms. The van der Waals surface area contributed by atoms with Gasteiger partial charge in [0.25, 0.3) is 0 Å². The van der Waals surface area contributed by atoms with Gasteiger partial charge in [0, 0.05) is 18.7 Å². The fourth-order valence-corrected chi connectivity index (χ4v) is 2.42. The van der Waals surface area contributed by atoms with E-state index in [0.29, 0.717) is 17.9 Å². The van der Waals surface area contributed by atoms with E-state index in [-0.39, 0.29) is 18.0 Å². The molecule has 0 saturated heterocycles. The molecule has 6 nitrogen and oxygen atoms in total. The Morgan fingerprint density at radius 2 is 2.12 bits per heavy atom. The second kappa shape index (κ2) is 7.75. The van der Waals surface area contributed by atoms with Crippen LogP contribution in [0.4, 0.5) is 5.82 Å². The molecule has 2 aromatic rings. The summed E-state index contributed by atoms with van der Waals surface area (Å²) in [6, 6.07) is 11.2. The van der Waals surface area contributed by atoms with Crippen molar-refractivity contribution in [2.24, 2.45) is 0 Å². The normalized spacial score (nSPS) is 12.2. The monoisotopic (exact) mass is 325 g/mol. The van der Waals surface area contributed by atoms with Crippen molar-refractivity contribution in [1.82, 2.24) is 14.7 Å². The molecule has 6 heteroatoms. The molecule has 0 fully saturated rings. The minimum absolute atomic E-state index is 0.0867. The highest BCUT2D eigenvalue weighted by Gasteiger charge is 2.20. The topological polar surface area (TPSA) is 74.0 Å². The first-order chi connectivity index (χ1) is 11.4. The molecule has 1 N–H and O–H groups in total. The number of hydrogen-bond acceptors (Lipinski definition) is 4. The molecule has 1 atom stereocenters. The van der Waals surface area contributed by atoms with E-state index in [1.807, 2.05) is 50.9 Å². The summed E-state index contributed by atoms with van der Waals surface area (Å²) in [5.41, 5.74) is 1.63. The number of likely N-dealkylation sites (N-methyl/N-ethyl adjacent to an activating group) is 1.